The lowest BCUT2D eigenvalue weighted by Gasteiger charge is -2.41. The van der Waals surface area contributed by atoms with Crippen LogP contribution in [0.3, 0.4) is 0 Å². The van der Waals surface area contributed by atoms with Crippen molar-refractivity contribution in [2.75, 3.05) is 18.9 Å². The standard InChI is InChI=1S/C60H66N4O10S/c1-3-5-7-9-11-13-15-17-18-19-20-21-22-23-24-25-26-27-29-31-33-35-37-43-53(67)62-47(55(68)49(65)40-36-34-32-30-28-16-14-12-10-8-6-4-2)45-73-59-58(71)57(70)56(69)50(74-59)44-61-52(66)42-39-38-41-51-54-48(46-75-51)63-60(72)64-54/h47-51,54-59,65,68-71H,4,6,8,10,12,14,16,28,30,32,34,36,38-42,44-46H2,1-2H3,(H,61,66)(H,62,67)(H2,63,64,72)/t47-,48-,49+,50?,51?,54?,55-,56?,57?,58?,59?/m0/s1. The van der Waals surface area contributed by atoms with E-state index in [2.05, 4.69) is 170 Å². The summed E-state index contributed by atoms with van der Waals surface area (Å²) in [6, 6.07) is -1.23. The van der Waals surface area contributed by atoms with E-state index < -0.39 is 61.5 Å². The normalized spacial score (nSPS) is 21.1. The summed E-state index contributed by atoms with van der Waals surface area (Å²) in [5.74, 6) is 59.2. The first-order valence-corrected chi connectivity index (χ1v) is 26.5. The van der Waals surface area contributed by atoms with Gasteiger partial charge in [-0.1, -0.05) is 96.3 Å². The van der Waals surface area contributed by atoms with Crippen molar-refractivity contribution >= 4 is 29.6 Å². The van der Waals surface area contributed by atoms with Gasteiger partial charge in [0, 0.05) is 65.4 Å². The van der Waals surface area contributed by atoms with Crippen LogP contribution >= 0.6 is 11.8 Å². The van der Waals surface area contributed by atoms with E-state index in [1.165, 1.54) is 44.9 Å². The Bertz CT molecular complexity index is 2690. The fraction of sp³-hybridized carbons (Fsp3) is 0.550. The molecular formula is C60H66N4O10S. The number of aliphatic hydroxyl groups excluding tert-OH is 5. The summed E-state index contributed by atoms with van der Waals surface area (Å²) >= 11 is 1.80. The van der Waals surface area contributed by atoms with Gasteiger partial charge in [0.15, 0.2) is 6.29 Å². The molecule has 0 radical (unpaired) electrons. The van der Waals surface area contributed by atoms with Crippen molar-refractivity contribution in [1.29, 1.82) is 0 Å². The van der Waals surface area contributed by atoms with Gasteiger partial charge < -0.3 is 56.3 Å². The zero-order valence-corrected chi connectivity index (χ0v) is 43.5. The minimum atomic E-state index is -1.75. The number of amides is 4. The number of rotatable bonds is 26. The Labute approximate surface area is 448 Å². The molecule has 0 aromatic carbocycles. The second-order valence-electron chi connectivity index (χ2n) is 17.5. The van der Waals surface area contributed by atoms with E-state index in [4.69, 9.17) is 9.47 Å². The van der Waals surface area contributed by atoms with Crippen LogP contribution in [-0.4, -0.2) is 129 Å². The van der Waals surface area contributed by atoms with Gasteiger partial charge in [-0.05, 0) is 121 Å². The molecule has 0 aromatic heterocycles. The Hall–Kier alpha value is -7.00. The highest BCUT2D eigenvalue weighted by Crippen LogP contribution is 2.33. The van der Waals surface area contributed by atoms with E-state index >= 15 is 0 Å². The minimum Gasteiger partial charge on any atom is -0.390 e. The van der Waals surface area contributed by atoms with Crippen molar-refractivity contribution in [1.82, 2.24) is 21.3 Å². The molecular weight excluding hydrogens is 969 g/mol. The zero-order valence-electron chi connectivity index (χ0n) is 42.7. The second-order valence-corrected chi connectivity index (χ2v) is 18.7. The van der Waals surface area contributed by atoms with Gasteiger partial charge in [-0.25, -0.2) is 4.79 Å². The predicted octanol–water partition coefficient (Wildman–Crippen LogP) is 2.01. The van der Waals surface area contributed by atoms with Crippen LogP contribution in [0.25, 0.3) is 0 Å². The Balaban J connectivity index is 1.53. The number of fused-ring (bicyclic) bond motifs is 1. The fourth-order valence-electron chi connectivity index (χ4n) is 7.84. The average Bonchev–Trinajstić information content (AvgIpc) is 3.97. The lowest BCUT2D eigenvalue weighted by Crippen LogP contribution is -2.61. The number of thioether (sulfide) groups is 1. The van der Waals surface area contributed by atoms with Crippen LogP contribution in [0, 0.1) is 142 Å². The first-order chi connectivity index (χ1) is 36.5. The smallest absolute Gasteiger partial charge is 0.315 e. The van der Waals surface area contributed by atoms with Crippen molar-refractivity contribution in [2.24, 2.45) is 0 Å². The molecule has 0 aromatic rings. The molecule has 3 heterocycles. The van der Waals surface area contributed by atoms with Gasteiger partial charge >= 0.3 is 6.03 Å². The highest BCUT2D eigenvalue weighted by atomic mass is 32.2. The maximum absolute atomic E-state index is 13.0. The summed E-state index contributed by atoms with van der Waals surface area (Å²) in [5, 5.41) is 66.0. The van der Waals surface area contributed by atoms with E-state index in [9.17, 15) is 39.9 Å². The van der Waals surface area contributed by atoms with Gasteiger partial charge in [-0.3, -0.25) is 9.59 Å². The summed E-state index contributed by atoms with van der Waals surface area (Å²) in [6.07, 6.45) is 5.53. The third-order valence-electron chi connectivity index (χ3n) is 11.8. The third-order valence-corrected chi connectivity index (χ3v) is 13.3. The molecule has 9 N–H and O–H groups in total. The molecule has 4 amide bonds. The molecule has 3 aliphatic heterocycles. The van der Waals surface area contributed by atoms with Crippen molar-refractivity contribution in [3.05, 3.63) is 0 Å². The number of unbranched alkanes of at least 4 members (excludes halogenated alkanes) is 12. The minimum absolute atomic E-state index is 0.0781. The first kappa shape index (κ1) is 62.3. The summed E-state index contributed by atoms with van der Waals surface area (Å²) in [6.45, 7) is 3.16. The maximum Gasteiger partial charge on any atom is 0.315 e. The van der Waals surface area contributed by atoms with Gasteiger partial charge in [-0.15, -0.1) is 0 Å². The van der Waals surface area contributed by atoms with Gasteiger partial charge in [0.25, 0.3) is 5.91 Å². The second kappa shape index (κ2) is 39.5. The largest absolute Gasteiger partial charge is 0.390 e. The van der Waals surface area contributed by atoms with Crippen LogP contribution in [0.1, 0.15) is 123 Å². The van der Waals surface area contributed by atoms with E-state index in [0.29, 0.717) is 12.8 Å². The molecule has 0 saturated carbocycles. The quantitative estimate of drug-likeness (QED) is 0.0347. The van der Waals surface area contributed by atoms with E-state index in [-0.39, 0.29) is 48.7 Å². The average molecular weight is 1040 g/mol. The third kappa shape index (κ3) is 27.2. The van der Waals surface area contributed by atoms with Gasteiger partial charge in [0.2, 0.25) is 5.91 Å². The molecule has 0 bridgehead atoms. The van der Waals surface area contributed by atoms with Crippen molar-refractivity contribution in [3.63, 3.8) is 0 Å². The molecule has 0 aliphatic carbocycles. The molecule has 0 spiro atoms. The van der Waals surface area contributed by atoms with Gasteiger partial charge in [0.1, 0.15) is 30.5 Å². The molecule has 15 heteroatoms. The molecule has 7 unspecified atom stereocenters. The number of ether oxygens (including phenoxy) is 2. The van der Waals surface area contributed by atoms with Crippen molar-refractivity contribution in [2.45, 2.75) is 189 Å². The molecule has 3 aliphatic rings. The lowest BCUT2D eigenvalue weighted by molar-refractivity contribution is -0.297. The zero-order chi connectivity index (χ0) is 54.1. The van der Waals surface area contributed by atoms with Crippen LogP contribution in [0.15, 0.2) is 0 Å². The Kier molecular flexibility index (Phi) is 32.8. The summed E-state index contributed by atoms with van der Waals surface area (Å²) in [7, 11) is 0. The monoisotopic (exact) mass is 1030 g/mol. The van der Waals surface area contributed by atoms with Gasteiger partial charge in [-0.2, -0.15) is 11.8 Å². The molecule has 11 atom stereocenters. The SMILES string of the molecule is CC#CC#CC#CC#CC#CC#CC#CC#CC#CC#CC#CC#CC(=O)N[C@@H](COC1OC(CNC(=O)CCCCC2SC[C@@H]3NC(=O)NC23)C(O)C(O)C1O)[C@H](O)[C@H](O)CCCCCCCCCCCCCC. The first-order valence-electron chi connectivity index (χ1n) is 25.4. The van der Waals surface area contributed by atoms with E-state index in [0.717, 1.165) is 44.3 Å². The van der Waals surface area contributed by atoms with Crippen LogP contribution in [0.4, 0.5) is 4.79 Å². The van der Waals surface area contributed by atoms with E-state index in [1.54, 1.807) is 18.7 Å². The maximum atomic E-state index is 13.0. The number of nitrogens with one attached hydrogen (secondary N) is 4. The van der Waals surface area contributed by atoms with Crippen molar-refractivity contribution in [3.8, 4) is 142 Å². The summed E-state index contributed by atoms with van der Waals surface area (Å²) in [5.41, 5.74) is 0. The molecule has 3 saturated heterocycles. The summed E-state index contributed by atoms with van der Waals surface area (Å²) < 4.78 is 11.6. The highest BCUT2D eigenvalue weighted by Gasteiger charge is 2.45. The number of hydrogen-bond acceptors (Lipinski definition) is 11. The number of hydrogen-bond donors (Lipinski definition) is 9. The number of aliphatic hydroxyl groups is 5. The predicted molar refractivity (Wildman–Crippen MR) is 288 cm³/mol. The lowest BCUT2D eigenvalue weighted by atomic mass is 9.98. The Morgan fingerprint density at radius 1 is 0.667 bits per heavy atom. The highest BCUT2D eigenvalue weighted by molar-refractivity contribution is 8.00. The Morgan fingerprint density at radius 3 is 1.71 bits per heavy atom. The molecule has 3 rings (SSSR count). The number of carbonyl (C=O) groups is 3. The topological polar surface area (TPSA) is 219 Å². The molecule has 75 heavy (non-hydrogen) atoms. The van der Waals surface area contributed by atoms with Crippen LogP contribution in [0.2, 0.25) is 0 Å². The van der Waals surface area contributed by atoms with Crippen LogP contribution in [-0.2, 0) is 19.1 Å². The number of carbonyl (C=O) groups excluding carboxylic acids is 3. The fourth-order valence-corrected chi connectivity index (χ4v) is 9.38. The van der Waals surface area contributed by atoms with Gasteiger partial charge in [0.05, 0.1) is 30.8 Å². The summed E-state index contributed by atoms with van der Waals surface area (Å²) in [4.78, 5) is 37.4. The van der Waals surface area contributed by atoms with Crippen molar-refractivity contribution < 1.29 is 49.4 Å². The van der Waals surface area contributed by atoms with Crippen LogP contribution < -0.4 is 21.3 Å². The Morgan fingerprint density at radius 2 is 1.17 bits per heavy atom. The molecule has 392 valence electrons. The van der Waals surface area contributed by atoms with E-state index in [1.807, 2.05) is 0 Å². The number of urea groups is 1. The molecule has 14 nitrogen and oxygen atoms in total. The van der Waals surface area contributed by atoms with Crippen LogP contribution in [0.5, 0.6) is 0 Å². The molecule has 3 fully saturated rings.